The molecule has 6 heteroatoms. The van der Waals surface area contributed by atoms with Gasteiger partial charge in [-0.25, -0.2) is 0 Å². The summed E-state index contributed by atoms with van der Waals surface area (Å²) in [6.45, 7) is 5.48. The third kappa shape index (κ3) is 2.90. The first kappa shape index (κ1) is 15.1. The van der Waals surface area contributed by atoms with Crippen LogP contribution in [0.3, 0.4) is 0 Å². The van der Waals surface area contributed by atoms with E-state index < -0.39 is 0 Å². The Bertz CT molecular complexity index is 624. The van der Waals surface area contributed by atoms with Gasteiger partial charge in [-0.1, -0.05) is 24.3 Å². The van der Waals surface area contributed by atoms with Crippen molar-refractivity contribution in [3.05, 3.63) is 47.0 Å². The van der Waals surface area contributed by atoms with Crippen LogP contribution in [0.15, 0.2) is 24.3 Å². The van der Waals surface area contributed by atoms with Gasteiger partial charge in [-0.3, -0.25) is 4.90 Å². The number of hydrogen-bond donors (Lipinski definition) is 1. The molecule has 2 heterocycles. The largest absolute Gasteiger partial charge is 0.392 e. The fourth-order valence-electron chi connectivity index (χ4n) is 2.92. The number of ether oxygens (including phenoxy) is 1. The molecule has 0 radical (unpaired) electrons. The summed E-state index contributed by atoms with van der Waals surface area (Å²) < 4.78 is 7.34. The van der Waals surface area contributed by atoms with E-state index in [1.165, 1.54) is 5.56 Å². The van der Waals surface area contributed by atoms with Gasteiger partial charge in [0.15, 0.2) is 5.82 Å². The predicted molar refractivity (Wildman–Crippen MR) is 81.9 cm³/mol. The zero-order valence-corrected chi connectivity index (χ0v) is 13.1. The quantitative estimate of drug-likeness (QED) is 0.906. The summed E-state index contributed by atoms with van der Waals surface area (Å²) in [5, 5.41) is 17.7. The van der Waals surface area contributed by atoms with E-state index in [2.05, 4.69) is 38.7 Å². The molecule has 2 aromatic rings. The van der Waals surface area contributed by atoms with E-state index >= 15 is 0 Å². The van der Waals surface area contributed by atoms with Gasteiger partial charge in [-0.15, -0.1) is 10.2 Å². The number of hydrogen-bond acceptors (Lipinski definition) is 5. The molecule has 0 amide bonds. The first-order valence-electron chi connectivity index (χ1n) is 7.56. The van der Waals surface area contributed by atoms with Gasteiger partial charge >= 0.3 is 0 Å². The van der Waals surface area contributed by atoms with Crippen LogP contribution in [0, 0.1) is 0 Å². The van der Waals surface area contributed by atoms with Crippen molar-refractivity contribution in [2.45, 2.75) is 39.3 Å². The average molecular weight is 302 g/mol. The first-order valence-corrected chi connectivity index (χ1v) is 7.56. The van der Waals surface area contributed by atoms with Crippen molar-refractivity contribution in [2.24, 2.45) is 0 Å². The minimum atomic E-state index is 0.0891. The van der Waals surface area contributed by atoms with Crippen LogP contribution in [0.25, 0.3) is 0 Å². The summed E-state index contributed by atoms with van der Waals surface area (Å²) in [6.07, 6.45) is 0. The third-order valence-electron chi connectivity index (χ3n) is 4.25. The van der Waals surface area contributed by atoms with E-state index in [-0.39, 0.29) is 12.6 Å². The van der Waals surface area contributed by atoms with E-state index in [9.17, 15) is 0 Å². The molecule has 0 fully saturated rings. The number of methoxy groups -OCH3 is 1. The normalized spacial score (nSPS) is 18.4. The lowest BCUT2D eigenvalue weighted by molar-refractivity contribution is 0.143. The molecular formula is C16H22N4O2. The van der Waals surface area contributed by atoms with Crippen molar-refractivity contribution in [3.63, 3.8) is 0 Å². The lowest BCUT2D eigenvalue weighted by Gasteiger charge is -2.33. The topological polar surface area (TPSA) is 63.4 Å². The molecule has 0 spiro atoms. The van der Waals surface area contributed by atoms with Crippen LogP contribution in [-0.4, -0.2) is 38.4 Å². The molecule has 0 saturated carbocycles. The molecule has 1 aliphatic rings. The SMILES string of the molecule is COCc1nnc2n1CCN(Cc1ccc(CO)cc1)C2C. The van der Waals surface area contributed by atoms with Crippen LogP contribution < -0.4 is 0 Å². The van der Waals surface area contributed by atoms with Crippen LogP contribution in [0.1, 0.15) is 35.7 Å². The average Bonchev–Trinajstić information content (AvgIpc) is 2.95. The van der Waals surface area contributed by atoms with Gasteiger partial charge in [0.25, 0.3) is 0 Å². The molecule has 1 N–H and O–H groups in total. The Hall–Kier alpha value is -1.76. The molecule has 1 unspecified atom stereocenters. The number of nitrogens with zero attached hydrogens (tertiary/aromatic N) is 4. The number of fused-ring (bicyclic) bond motifs is 1. The number of rotatable bonds is 5. The number of aromatic nitrogens is 3. The van der Waals surface area contributed by atoms with Gasteiger partial charge in [0, 0.05) is 26.7 Å². The van der Waals surface area contributed by atoms with E-state index in [0.717, 1.165) is 36.8 Å². The molecule has 1 aromatic heterocycles. The Morgan fingerprint density at radius 1 is 1.18 bits per heavy atom. The molecule has 1 aliphatic heterocycles. The highest BCUT2D eigenvalue weighted by atomic mass is 16.5. The van der Waals surface area contributed by atoms with E-state index in [1.807, 2.05) is 12.1 Å². The smallest absolute Gasteiger partial charge is 0.159 e. The van der Waals surface area contributed by atoms with Crippen molar-refractivity contribution in [3.8, 4) is 0 Å². The van der Waals surface area contributed by atoms with E-state index in [4.69, 9.17) is 9.84 Å². The summed E-state index contributed by atoms with van der Waals surface area (Å²) in [6, 6.07) is 8.33. The molecule has 1 aromatic carbocycles. The van der Waals surface area contributed by atoms with Crippen LogP contribution in [0.5, 0.6) is 0 Å². The maximum Gasteiger partial charge on any atom is 0.159 e. The Morgan fingerprint density at radius 2 is 1.91 bits per heavy atom. The van der Waals surface area contributed by atoms with Crippen molar-refractivity contribution in [1.82, 2.24) is 19.7 Å². The second-order valence-corrected chi connectivity index (χ2v) is 5.68. The van der Waals surface area contributed by atoms with Crippen molar-refractivity contribution >= 4 is 0 Å². The van der Waals surface area contributed by atoms with Gasteiger partial charge in [0.1, 0.15) is 12.4 Å². The van der Waals surface area contributed by atoms with Crippen LogP contribution in [0.2, 0.25) is 0 Å². The van der Waals surface area contributed by atoms with Crippen molar-refractivity contribution in [2.75, 3.05) is 13.7 Å². The Morgan fingerprint density at radius 3 is 2.59 bits per heavy atom. The second-order valence-electron chi connectivity index (χ2n) is 5.68. The van der Waals surface area contributed by atoms with Crippen LogP contribution in [0.4, 0.5) is 0 Å². The van der Waals surface area contributed by atoms with Gasteiger partial charge in [0.2, 0.25) is 0 Å². The zero-order valence-electron chi connectivity index (χ0n) is 13.1. The minimum Gasteiger partial charge on any atom is -0.392 e. The van der Waals surface area contributed by atoms with Crippen LogP contribution >= 0.6 is 0 Å². The number of aliphatic hydroxyl groups excluding tert-OH is 1. The minimum absolute atomic E-state index is 0.0891. The van der Waals surface area contributed by atoms with E-state index in [0.29, 0.717) is 6.61 Å². The summed E-state index contributed by atoms with van der Waals surface area (Å²) in [5.74, 6) is 1.90. The standard InChI is InChI=1S/C16H22N4O2/c1-12-16-18-17-15(11-22-2)20(16)8-7-19(12)9-13-3-5-14(10-21)6-4-13/h3-6,12,21H,7-11H2,1-2H3. The highest BCUT2D eigenvalue weighted by Gasteiger charge is 2.27. The fraction of sp³-hybridized carbons (Fsp3) is 0.500. The molecule has 6 nitrogen and oxygen atoms in total. The summed E-state index contributed by atoms with van der Waals surface area (Å²) >= 11 is 0. The molecule has 118 valence electrons. The molecular weight excluding hydrogens is 280 g/mol. The molecule has 0 saturated heterocycles. The number of benzene rings is 1. The fourth-order valence-corrected chi connectivity index (χ4v) is 2.92. The summed E-state index contributed by atoms with van der Waals surface area (Å²) in [7, 11) is 1.68. The Balaban J connectivity index is 1.73. The van der Waals surface area contributed by atoms with Gasteiger partial charge in [-0.05, 0) is 18.1 Å². The lowest BCUT2D eigenvalue weighted by atomic mass is 10.1. The molecule has 1 atom stereocenters. The maximum absolute atomic E-state index is 9.11. The van der Waals surface area contributed by atoms with Crippen LogP contribution in [-0.2, 0) is 31.0 Å². The monoisotopic (exact) mass is 302 g/mol. The summed E-state index contributed by atoms with van der Waals surface area (Å²) in [4.78, 5) is 2.40. The predicted octanol–water partition coefficient (Wildman–Crippen LogP) is 1.49. The molecule has 22 heavy (non-hydrogen) atoms. The van der Waals surface area contributed by atoms with E-state index in [1.54, 1.807) is 7.11 Å². The molecule has 0 bridgehead atoms. The van der Waals surface area contributed by atoms with Gasteiger partial charge in [0.05, 0.1) is 12.6 Å². The zero-order chi connectivity index (χ0) is 15.5. The van der Waals surface area contributed by atoms with Gasteiger partial charge in [-0.2, -0.15) is 0 Å². The lowest BCUT2D eigenvalue weighted by Crippen LogP contribution is -2.37. The Kier molecular flexibility index (Phi) is 4.52. The van der Waals surface area contributed by atoms with Crippen molar-refractivity contribution in [1.29, 1.82) is 0 Å². The van der Waals surface area contributed by atoms with Crippen molar-refractivity contribution < 1.29 is 9.84 Å². The highest BCUT2D eigenvalue weighted by Crippen LogP contribution is 2.26. The molecule has 0 aliphatic carbocycles. The third-order valence-corrected chi connectivity index (χ3v) is 4.25. The second kappa shape index (κ2) is 6.56. The maximum atomic E-state index is 9.11. The highest BCUT2D eigenvalue weighted by molar-refractivity contribution is 5.22. The Labute approximate surface area is 130 Å². The first-order chi connectivity index (χ1) is 10.7. The van der Waals surface area contributed by atoms with Gasteiger partial charge < -0.3 is 14.4 Å². The molecule has 3 rings (SSSR count). The summed E-state index contributed by atoms with van der Waals surface area (Å²) in [5.41, 5.74) is 2.19. The number of aliphatic hydroxyl groups is 1.